The summed E-state index contributed by atoms with van der Waals surface area (Å²) in [5.74, 6) is -1.91. The minimum Gasteiger partial charge on any atom is -0.507 e. The number of hydrogen-bond donors (Lipinski definition) is 1. The quantitative estimate of drug-likeness (QED) is 0.487. The number of benzene rings is 2. The van der Waals surface area contributed by atoms with Gasteiger partial charge in [-0.05, 0) is 65.1 Å². The SMILES string of the molecule is O=C(COC(=O)c1cc(I)ccc1O)c1ccc(F)cc1. The van der Waals surface area contributed by atoms with E-state index < -0.39 is 24.2 Å². The first-order valence-corrected chi connectivity index (χ1v) is 6.99. The Labute approximate surface area is 133 Å². The van der Waals surface area contributed by atoms with E-state index in [4.69, 9.17) is 4.74 Å². The lowest BCUT2D eigenvalue weighted by atomic mass is 10.1. The van der Waals surface area contributed by atoms with Crippen LogP contribution < -0.4 is 0 Å². The largest absolute Gasteiger partial charge is 0.507 e. The molecule has 0 spiro atoms. The molecule has 4 nitrogen and oxygen atoms in total. The molecular formula is C15H10FIO4. The summed E-state index contributed by atoms with van der Waals surface area (Å²) in [7, 11) is 0. The summed E-state index contributed by atoms with van der Waals surface area (Å²) in [5, 5.41) is 9.59. The van der Waals surface area contributed by atoms with Crippen LogP contribution in [0.4, 0.5) is 4.39 Å². The molecule has 0 bridgehead atoms. The van der Waals surface area contributed by atoms with E-state index in [0.717, 1.165) is 15.7 Å². The third-order valence-electron chi connectivity index (χ3n) is 2.68. The average molecular weight is 400 g/mol. The molecule has 2 aromatic rings. The Hall–Kier alpha value is -1.96. The zero-order chi connectivity index (χ0) is 15.4. The zero-order valence-electron chi connectivity index (χ0n) is 10.7. The molecule has 0 radical (unpaired) electrons. The number of phenols is 1. The number of aromatic hydroxyl groups is 1. The molecule has 0 saturated heterocycles. The van der Waals surface area contributed by atoms with Crippen molar-refractivity contribution in [2.24, 2.45) is 0 Å². The molecule has 0 aliphatic carbocycles. The molecule has 21 heavy (non-hydrogen) atoms. The summed E-state index contributed by atoms with van der Waals surface area (Å²) >= 11 is 1.99. The maximum absolute atomic E-state index is 12.7. The second-order valence-electron chi connectivity index (χ2n) is 4.17. The van der Waals surface area contributed by atoms with Crippen molar-refractivity contribution >= 4 is 34.3 Å². The fourth-order valence-electron chi connectivity index (χ4n) is 1.60. The first-order valence-electron chi connectivity index (χ1n) is 5.92. The molecule has 0 fully saturated rings. The Morgan fingerprint density at radius 3 is 2.48 bits per heavy atom. The van der Waals surface area contributed by atoms with Crippen LogP contribution in [0.5, 0.6) is 5.75 Å². The Balaban J connectivity index is 2.02. The number of ketones is 1. The third kappa shape index (κ3) is 4.01. The number of ether oxygens (including phenoxy) is 1. The van der Waals surface area contributed by atoms with E-state index in [-0.39, 0.29) is 16.9 Å². The predicted molar refractivity (Wildman–Crippen MR) is 81.8 cm³/mol. The van der Waals surface area contributed by atoms with Gasteiger partial charge in [0.15, 0.2) is 12.4 Å². The van der Waals surface area contributed by atoms with Gasteiger partial charge in [-0.25, -0.2) is 9.18 Å². The standard InChI is InChI=1S/C15H10FIO4/c16-10-3-1-9(2-4-10)14(19)8-21-15(20)12-7-11(17)5-6-13(12)18/h1-7,18H,8H2. The van der Waals surface area contributed by atoms with Gasteiger partial charge in [-0.1, -0.05) is 0 Å². The highest BCUT2D eigenvalue weighted by atomic mass is 127. The van der Waals surface area contributed by atoms with E-state index in [1.807, 2.05) is 22.6 Å². The van der Waals surface area contributed by atoms with Gasteiger partial charge in [-0.3, -0.25) is 4.79 Å². The van der Waals surface area contributed by atoms with Gasteiger partial charge in [0.2, 0.25) is 0 Å². The first kappa shape index (κ1) is 15.4. The van der Waals surface area contributed by atoms with Crippen molar-refractivity contribution in [3.8, 4) is 5.75 Å². The van der Waals surface area contributed by atoms with Gasteiger partial charge in [0.25, 0.3) is 0 Å². The number of carbonyl (C=O) groups is 2. The molecule has 2 aromatic carbocycles. The molecule has 0 aliphatic heterocycles. The van der Waals surface area contributed by atoms with Crippen molar-refractivity contribution in [2.45, 2.75) is 0 Å². The lowest BCUT2D eigenvalue weighted by Crippen LogP contribution is -2.14. The van der Waals surface area contributed by atoms with Gasteiger partial charge in [0, 0.05) is 9.13 Å². The van der Waals surface area contributed by atoms with E-state index in [1.165, 1.54) is 24.3 Å². The molecule has 2 rings (SSSR count). The van der Waals surface area contributed by atoms with Crippen molar-refractivity contribution < 1.29 is 23.8 Å². The van der Waals surface area contributed by atoms with Crippen LogP contribution >= 0.6 is 22.6 Å². The van der Waals surface area contributed by atoms with Crippen LogP contribution in [-0.2, 0) is 4.74 Å². The number of Topliss-reactive ketones (excluding diaryl/α,β-unsaturated/α-hetero) is 1. The highest BCUT2D eigenvalue weighted by Crippen LogP contribution is 2.20. The maximum Gasteiger partial charge on any atom is 0.342 e. The summed E-state index contributed by atoms with van der Waals surface area (Å²) in [6.07, 6.45) is 0. The third-order valence-corrected chi connectivity index (χ3v) is 3.35. The molecule has 0 aromatic heterocycles. The topological polar surface area (TPSA) is 63.6 Å². The van der Waals surface area contributed by atoms with Crippen LogP contribution in [-0.4, -0.2) is 23.5 Å². The van der Waals surface area contributed by atoms with E-state index in [9.17, 15) is 19.1 Å². The van der Waals surface area contributed by atoms with Gasteiger partial charge in [0.05, 0.1) is 0 Å². The van der Waals surface area contributed by atoms with Crippen LogP contribution in [0.2, 0.25) is 0 Å². The Morgan fingerprint density at radius 1 is 1.14 bits per heavy atom. The van der Waals surface area contributed by atoms with Gasteiger partial charge in [-0.15, -0.1) is 0 Å². The van der Waals surface area contributed by atoms with Crippen LogP contribution in [0.1, 0.15) is 20.7 Å². The molecule has 0 unspecified atom stereocenters. The smallest absolute Gasteiger partial charge is 0.342 e. The molecule has 6 heteroatoms. The first-order chi connectivity index (χ1) is 9.97. The van der Waals surface area contributed by atoms with Crippen molar-refractivity contribution in [1.29, 1.82) is 0 Å². The lowest BCUT2D eigenvalue weighted by molar-refractivity contribution is 0.0471. The molecule has 0 atom stereocenters. The van der Waals surface area contributed by atoms with Crippen molar-refractivity contribution in [3.05, 3.63) is 63.0 Å². The van der Waals surface area contributed by atoms with E-state index in [0.29, 0.717) is 0 Å². The molecule has 0 saturated carbocycles. The number of esters is 1. The van der Waals surface area contributed by atoms with Crippen molar-refractivity contribution in [3.63, 3.8) is 0 Å². The van der Waals surface area contributed by atoms with Gasteiger partial charge >= 0.3 is 5.97 Å². The Morgan fingerprint density at radius 2 is 1.81 bits per heavy atom. The van der Waals surface area contributed by atoms with Crippen LogP contribution in [0.15, 0.2) is 42.5 Å². The summed E-state index contributed by atoms with van der Waals surface area (Å²) in [5.41, 5.74) is 0.241. The number of carbonyl (C=O) groups excluding carboxylic acids is 2. The van der Waals surface area contributed by atoms with E-state index in [2.05, 4.69) is 0 Å². The molecule has 1 N–H and O–H groups in total. The number of rotatable bonds is 4. The average Bonchev–Trinajstić information content (AvgIpc) is 2.47. The highest BCUT2D eigenvalue weighted by Gasteiger charge is 2.15. The summed E-state index contributed by atoms with van der Waals surface area (Å²) < 4.78 is 18.4. The van der Waals surface area contributed by atoms with Gasteiger partial charge < -0.3 is 9.84 Å². The van der Waals surface area contributed by atoms with Gasteiger partial charge in [0.1, 0.15) is 17.1 Å². The fraction of sp³-hybridized carbons (Fsp3) is 0.0667. The van der Waals surface area contributed by atoms with Crippen molar-refractivity contribution in [2.75, 3.05) is 6.61 Å². The second kappa shape index (κ2) is 6.66. The molecule has 0 aliphatic rings. The normalized spacial score (nSPS) is 10.2. The minimum atomic E-state index is -0.790. The molecule has 0 amide bonds. The summed E-state index contributed by atoms with van der Waals surface area (Å²) in [6.45, 7) is -0.477. The van der Waals surface area contributed by atoms with Crippen molar-refractivity contribution in [1.82, 2.24) is 0 Å². The Kier molecular flexibility index (Phi) is 4.89. The van der Waals surface area contributed by atoms with Crippen LogP contribution in [0.25, 0.3) is 0 Å². The zero-order valence-corrected chi connectivity index (χ0v) is 12.8. The minimum absolute atomic E-state index is 0.00574. The van der Waals surface area contributed by atoms with Crippen LogP contribution in [0.3, 0.4) is 0 Å². The summed E-state index contributed by atoms with van der Waals surface area (Å²) in [4.78, 5) is 23.6. The second-order valence-corrected chi connectivity index (χ2v) is 5.41. The highest BCUT2D eigenvalue weighted by molar-refractivity contribution is 14.1. The monoisotopic (exact) mass is 400 g/mol. The van der Waals surface area contributed by atoms with E-state index >= 15 is 0 Å². The van der Waals surface area contributed by atoms with Gasteiger partial charge in [-0.2, -0.15) is 0 Å². The number of halogens is 2. The number of phenolic OH excluding ortho intramolecular Hbond substituents is 1. The fourth-order valence-corrected chi connectivity index (χ4v) is 2.09. The predicted octanol–water partition coefficient (Wildman–Crippen LogP) is 3.18. The molecular weight excluding hydrogens is 390 g/mol. The summed E-state index contributed by atoms with van der Waals surface area (Å²) in [6, 6.07) is 9.40. The Bertz CT molecular complexity index is 683. The molecule has 0 heterocycles. The van der Waals surface area contributed by atoms with Crippen LogP contribution in [0, 0.1) is 9.39 Å². The number of hydrogen-bond acceptors (Lipinski definition) is 4. The lowest BCUT2D eigenvalue weighted by Gasteiger charge is -2.06. The van der Waals surface area contributed by atoms with E-state index in [1.54, 1.807) is 6.07 Å². The molecule has 108 valence electrons. The maximum atomic E-state index is 12.7.